The van der Waals surface area contributed by atoms with E-state index in [1.165, 1.54) is 0 Å². The van der Waals surface area contributed by atoms with Crippen molar-refractivity contribution in [2.24, 2.45) is 0 Å². The number of nitrogens with zero attached hydrogens (tertiary/aromatic N) is 6. The normalized spacial score (nSPS) is 11.2. The number of hydrogen-bond acceptors (Lipinski definition) is 6. The molecule has 6 heteroatoms. The monoisotopic (exact) mass is 714 g/mol. The molecule has 0 amide bonds. The molecule has 6 nitrogen and oxygen atoms in total. The van der Waals surface area contributed by atoms with Crippen molar-refractivity contribution in [1.29, 1.82) is 5.26 Å². The Morgan fingerprint density at radius 1 is 0.375 bits per heavy atom. The summed E-state index contributed by atoms with van der Waals surface area (Å²) in [6, 6.07) is 63.0. The van der Waals surface area contributed by atoms with Crippen molar-refractivity contribution in [3.05, 3.63) is 188 Å². The van der Waals surface area contributed by atoms with Crippen LogP contribution in [0.4, 0.5) is 0 Å². The van der Waals surface area contributed by atoms with Gasteiger partial charge in [0.25, 0.3) is 0 Å². The Bertz CT molecular complexity index is 3070. The molecule has 0 saturated heterocycles. The Balaban J connectivity index is 1.32. The fourth-order valence-electron chi connectivity index (χ4n) is 7.51. The average Bonchev–Trinajstić information content (AvgIpc) is 3.29. The topological polar surface area (TPSA) is 88.2 Å². The molecule has 0 unspecified atom stereocenters. The summed E-state index contributed by atoms with van der Waals surface area (Å²) in [5.74, 6) is 0.622. The van der Waals surface area contributed by atoms with Crippen molar-refractivity contribution < 1.29 is 0 Å². The van der Waals surface area contributed by atoms with E-state index in [9.17, 15) is 5.26 Å². The van der Waals surface area contributed by atoms with E-state index in [1.807, 2.05) is 146 Å². The van der Waals surface area contributed by atoms with Gasteiger partial charge >= 0.3 is 0 Å². The zero-order valence-corrected chi connectivity index (χ0v) is 30.0. The van der Waals surface area contributed by atoms with E-state index in [4.69, 9.17) is 24.9 Å². The van der Waals surface area contributed by atoms with Gasteiger partial charge in [-0.1, -0.05) is 164 Å². The Hall–Kier alpha value is -7.88. The molecule has 10 rings (SSSR count). The minimum Gasteiger partial charge on any atom is -0.247 e. The lowest BCUT2D eigenvalue weighted by atomic mass is 9.92. The van der Waals surface area contributed by atoms with Crippen molar-refractivity contribution in [1.82, 2.24) is 24.9 Å². The minimum atomic E-state index is 0.505. The third-order valence-corrected chi connectivity index (χ3v) is 10.1. The van der Waals surface area contributed by atoms with E-state index in [-0.39, 0.29) is 0 Å². The lowest BCUT2D eigenvalue weighted by Crippen LogP contribution is -2.01. The Morgan fingerprint density at radius 2 is 0.893 bits per heavy atom. The minimum absolute atomic E-state index is 0.505. The molecule has 0 fully saturated rings. The molecule has 0 saturated carbocycles. The number of pyridine rings is 1. The van der Waals surface area contributed by atoms with Gasteiger partial charge in [-0.3, -0.25) is 0 Å². The number of aromatic nitrogens is 5. The van der Waals surface area contributed by atoms with Gasteiger partial charge in [-0.25, -0.2) is 24.9 Å². The van der Waals surface area contributed by atoms with Crippen LogP contribution in [-0.2, 0) is 0 Å². The number of fused-ring (bicyclic) bond motifs is 5. The van der Waals surface area contributed by atoms with Crippen LogP contribution in [0.1, 0.15) is 5.56 Å². The van der Waals surface area contributed by atoms with E-state index < -0.39 is 0 Å². The van der Waals surface area contributed by atoms with E-state index in [0.29, 0.717) is 28.1 Å². The summed E-state index contributed by atoms with van der Waals surface area (Å²) in [7, 11) is 0. The van der Waals surface area contributed by atoms with E-state index in [0.717, 1.165) is 77.8 Å². The van der Waals surface area contributed by atoms with E-state index in [2.05, 4.69) is 42.5 Å². The van der Waals surface area contributed by atoms with Gasteiger partial charge in [-0.05, 0) is 18.2 Å². The molecule has 0 atom stereocenters. The van der Waals surface area contributed by atoms with Crippen LogP contribution in [-0.4, -0.2) is 24.9 Å². The molecule has 10 aromatic rings. The fourth-order valence-corrected chi connectivity index (χ4v) is 7.51. The van der Waals surface area contributed by atoms with Gasteiger partial charge in [-0.15, -0.1) is 0 Å². The largest absolute Gasteiger partial charge is 0.247 e. The Morgan fingerprint density at radius 3 is 1.55 bits per heavy atom. The molecule has 0 spiro atoms. The van der Waals surface area contributed by atoms with Crippen LogP contribution in [0.15, 0.2) is 182 Å². The molecule has 0 aliphatic rings. The van der Waals surface area contributed by atoms with Gasteiger partial charge in [0.05, 0.1) is 56.7 Å². The van der Waals surface area contributed by atoms with Crippen LogP contribution in [0.5, 0.6) is 0 Å². The maximum absolute atomic E-state index is 10.8. The van der Waals surface area contributed by atoms with Crippen LogP contribution in [0.3, 0.4) is 0 Å². The smallest absolute Gasteiger partial charge is 0.160 e. The Labute approximate surface area is 323 Å². The predicted octanol–water partition coefficient (Wildman–Crippen LogP) is 12.0. The summed E-state index contributed by atoms with van der Waals surface area (Å²) in [5.41, 5.74) is 11.8. The Kier molecular flexibility index (Phi) is 8.09. The maximum Gasteiger partial charge on any atom is 0.160 e. The van der Waals surface area contributed by atoms with Crippen molar-refractivity contribution in [3.63, 3.8) is 0 Å². The highest BCUT2D eigenvalue weighted by Gasteiger charge is 2.23. The number of para-hydroxylation sites is 1. The lowest BCUT2D eigenvalue weighted by molar-refractivity contribution is 1.18. The average molecular weight is 715 g/mol. The number of rotatable bonds is 6. The van der Waals surface area contributed by atoms with Crippen molar-refractivity contribution in [3.8, 4) is 73.7 Å². The second-order valence-corrected chi connectivity index (χ2v) is 13.5. The quantitative estimate of drug-likeness (QED) is 0.159. The molecular weight excluding hydrogens is 685 g/mol. The van der Waals surface area contributed by atoms with Crippen molar-refractivity contribution in [2.45, 2.75) is 0 Å². The maximum atomic E-state index is 10.8. The molecule has 0 aliphatic carbocycles. The molecule has 0 radical (unpaired) electrons. The lowest BCUT2D eigenvalue weighted by Gasteiger charge is -2.18. The second kappa shape index (κ2) is 13.8. The van der Waals surface area contributed by atoms with E-state index >= 15 is 0 Å². The highest BCUT2D eigenvalue weighted by Crippen LogP contribution is 2.43. The van der Waals surface area contributed by atoms with Crippen LogP contribution < -0.4 is 0 Å². The van der Waals surface area contributed by atoms with Gasteiger partial charge in [0.2, 0.25) is 0 Å². The SMILES string of the molecule is N#Cc1cc2nc(-c3ccccc3)c(-c3ccccc3)nc2c2c(-c3ccccc3-c3cc(-c4ccccc4)nc(-c4ccccc4)n3)nc3ccccc3c12. The van der Waals surface area contributed by atoms with Crippen LogP contribution in [0.2, 0.25) is 0 Å². The number of nitriles is 1. The van der Waals surface area contributed by atoms with Crippen molar-refractivity contribution >= 4 is 32.7 Å². The summed E-state index contributed by atoms with van der Waals surface area (Å²) in [6.45, 7) is 0. The second-order valence-electron chi connectivity index (χ2n) is 13.5. The highest BCUT2D eigenvalue weighted by atomic mass is 14.9. The van der Waals surface area contributed by atoms with Crippen molar-refractivity contribution in [2.75, 3.05) is 0 Å². The molecule has 3 aromatic heterocycles. The summed E-state index contributed by atoms with van der Waals surface area (Å²) in [5, 5.41) is 13.2. The summed E-state index contributed by atoms with van der Waals surface area (Å²) in [6.07, 6.45) is 0. The molecule has 0 N–H and O–H groups in total. The van der Waals surface area contributed by atoms with Gasteiger partial charge in [0, 0.05) is 49.5 Å². The van der Waals surface area contributed by atoms with Crippen LogP contribution in [0.25, 0.3) is 100 Å². The molecule has 3 heterocycles. The predicted molar refractivity (Wildman–Crippen MR) is 225 cm³/mol. The van der Waals surface area contributed by atoms with Crippen LogP contribution in [0, 0.1) is 11.3 Å². The molecular formula is C50H30N6. The van der Waals surface area contributed by atoms with E-state index in [1.54, 1.807) is 0 Å². The molecule has 0 aliphatic heterocycles. The number of hydrogen-bond donors (Lipinski definition) is 0. The molecule has 0 bridgehead atoms. The molecule has 56 heavy (non-hydrogen) atoms. The first kappa shape index (κ1) is 32.7. The van der Waals surface area contributed by atoms with Gasteiger partial charge in [0.1, 0.15) is 0 Å². The first-order valence-electron chi connectivity index (χ1n) is 18.4. The fraction of sp³-hybridized carbons (Fsp3) is 0. The molecule has 260 valence electrons. The number of benzene rings is 7. The van der Waals surface area contributed by atoms with Gasteiger partial charge < -0.3 is 0 Å². The van der Waals surface area contributed by atoms with Crippen LogP contribution >= 0.6 is 0 Å². The third kappa shape index (κ3) is 5.72. The summed E-state index contributed by atoms with van der Waals surface area (Å²) < 4.78 is 0. The first-order chi connectivity index (χ1) is 27.7. The zero-order valence-electron chi connectivity index (χ0n) is 30.0. The third-order valence-electron chi connectivity index (χ3n) is 10.1. The zero-order chi connectivity index (χ0) is 37.4. The highest BCUT2D eigenvalue weighted by molar-refractivity contribution is 6.22. The summed E-state index contributed by atoms with van der Waals surface area (Å²) in [4.78, 5) is 26.5. The van der Waals surface area contributed by atoms with Gasteiger partial charge in [0.15, 0.2) is 5.82 Å². The summed E-state index contributed by atoms with van der Waals surface area (Å²) >= 11 is 0. The van der Waals surface area contributed by atoms with Gasteiger partial charge in [-0.2, -0.15) is 5.26 Å². The first-order valence-corrected chi connectivity index (χ1v) is 18.4. The standard InChI is InChI=1S/C50H30N6/c51-31-36-29-43-49(56-47(34-21-9-3-10-22-34)46(53-43)33-19-7-2-8-20-33)45-44(36)39-27-15-16-28-40(39)52-48(45)38-26-14-13-25-37(38)42-30-41(32-17-5-1-6-18-32)54-50(55-42)35-23-11-4-12-24-35/h1-30H. The molecule has 7 aromatic carbocycles.